The van der Waals surface area contributed by atoms with E-state index in [1.807, 2.05) is 29.3 Å². The standard InChI is InChI=1S/C55H57ClFN7O7/c1-52(2)17-19-54(20-18-52)55(30-59-40-26-44(71-4)58-28-37(40)55)45(35-9-6-10-38(56)46(35)57)47(62-54)49(67)60-39-14-12-32(25-42(39)70-3)50(68)63-23-21-53(22-24-63)27-33(53)13-11-31-7-5-8-34-36(31)29-64(51(34)69)41-15-16-43(65)61-48(41)66/h5-10,12,14,25-26,28,33,41,45,47,59,62H,15-24,27,29-30H2,1-4H3,(H,60,67)(H,61,65,66)/t33-,41+,45+,47-,55-/m1/s1. The summed E-state index contributed by atoms with van der Waals surface area (Å²) in [6.07, 6.45) is 8.10. The zero-order valence-corrected chi connectivity index (χ0v) is 41.1. The van der Waals surface area contributed by atoms with Crippen LogP contribution in [-0.4, -0.2) is 95.8 Å². The molecule has 71 heavy (non-hydrogen) atoms. The Balaban J connectivity index is 0.797. The summed E-state index contributed by atoms with van der Waals surface area (Å²) in [4.78, 5) is 74.9. The minimum absolute atomic E-state index is 0.00722. The van der Waals surface area contributed by atoms with E-state index in [9.17, 15) is 19.2 Å². The summed E-state index contributed by atoms with van der Waals surface area (Å²) in [5.74, 6) is 4.99. The lowest BCUT2D eigenvalue weighted by Gasteiger charge is -2.51. The molecule has 5 fully saturated rings. The third-order valence-electron chi connectivity index (χ3n) is 17.2. The van der Waals surface area contributed by atoms with Gasteiger partial charge in [-0.3, -0.25) is 34.6 Å². The molecule has 4 aromatic rings. The smallest absolute Gasteiger partial charge is 0.255 e. The fourth-order valence-corrected chi connectivity index (χ4v) is 13.2. The number of nitrogens with zero attached hydrogens (tertiary/aromatic N) is 3. The molecule has 0 unspecified atom stereocenters. The molecule has 11 rings (SSSR count). The van der Waals surface area contributed by atoms with Gasteiger partial charge in [-0.2, -0.15) is 0 Å². The molecule has 6 heterocycles. The SMILES string of the molecule is COc1cc2c(cn1)[C@]1(CN2)[C@@H](c2cccc(Cl)c2F)[C@H](C(=O)Nc2ccc(C(=O)N3CCC4(CC3)C[C@H]4C#Cc3cccc4c3CN([C@H]3CCC(=O)NC3=O)C4=O)cc2OC)NC12CCC(C)(C)CC2. The van der Waals surface area contributed by atoms with Gasteiger partial charge >= 0.3 is 0 Å². The number of rotatable bonds is 7. The van der Waals surface area contributed by atoms with Gasteiger partial charge in [0.05, 0.1) is 31.0 Å². The van der Waals surface area contributed by atoms with Crippen LogP contribution in [0.4, 0.5) is 15.8 Å². The van der Waals surface area contributed by atoms with Gasteiger partial charge in [0.1, 0.15) is 17.6 Å². The number of hydrogen-bond acceptors (Lipinski definition) is 10. The van der Waals surface area contributed by atoms with Crippen molar-refractivity contribution in [2.24, 2.45) is 16.7 Å². The first-order chi connectivity index (χ1) is 34.1. The Hall–Kier alpha value is -6.50. The minimum atomic E-state index is -0.908. The number of carbonyl (C=O) groups is 5. The van der Waals surface area contributed by atoms with Crippen molar-refractivity contribution in [3.8, 4) is 23.5 Å². The molecule has 0 radical (unpaired) electrons. The number of halogens is 2. The number of imide groups is 1. The summed E-state index contributed by atoms with van der Waals surface area (Å²) in [5.41, 5.74) is 3.65. The Morgan fingerprint density at radius 1 is 0.958 bits per heavy atom. The Bertz CT molecular complexity index is 2990. The largest absolute Gasteiger partial charge is 0.495 e. The molecule has 368 valence electrons. The number of carbonyl (C=O) groups excluding carboxylic acids is 5. The molecule has 14 nitrogen and oxygen atoms in total. The van der Waals surface area contributed by atoms with Crippen LogP contribution in [0, 0.1) is 34.4 Å². The summed E-state index contributed by atoms with van der Waals surface area (Å²) in [7, 11) is 3.07. The summed E-state index contributed by atoms with van der Waals surface area (Å²) in [6.45, 7) is 6.35. The number of fused-ring (bicyclic) bond motifs is 4. The fraction of sp³-hybridized carbons (Fsp3) is 0.455. The van der Waals surface area contributed by atoms with Gasteiger partial charge in [-0.05, 0) is 110 Å². The highest BCUT2D eigenvalue weighted by Crippen LogP contribution is 2.64. The highest BCUT2D eigenvalue weighted by Gasteiger charge is 2.69. The monoisotopic (exact) mass is 981 g/mol. The molecule has 0 bridgehead atoms. The fourth-order valence-electron chi connectivity index (χ4n) is 13.0. The van der Waals surface area contributed by atoms with E-state index in [1.165, 1.54) is 13.2 Å². The maximum absolute atomic E-state index is 16.6. The Morgan fingerprint density at radius 3 is 2.48 bits per heavy atom. The van der Waals surface area contributed by atoms with Crippen LogP contribution in [0.2, 0.25) is 5.02 Å². The number of pyridine rings is 1. The van der Waals surface area contributed by atoms with E-state index in [0.29, 0.717) is 60.1 Å². The third kappa shape index (κ3) is 7.71. The second-order valence-electron chi connectivity index (χ2n) is 21.4. The van der Waals surface area contributed by atoms with E-state index in [2.05, 4.69) is 51.9 Å². The van der Waals surface area contributed by atoms with Crippen LogP contribution in [-0.2, 0) is 26.3 Å². The van der Waals surface area contributed by atoms with Gasteiger partial charge < -0.3 is 29.9 Å². The Morgan fingerprint density at radius 2 is 1.73 bits per heavy atom. The van der Waals surface area contributed by atoms with Gasteiger partial charge in [-0.25, -0.2) is 9.37 Å². The van der Waals surface area contributed by atoms with Gasteiger partial charge in [0.2, 0.25) is 23.6 Å². The number of piperidine rings is 2. The molecule has 7 aliphatic rings. The van der Waals surface area contributed by atoms with E-state index >= 15 is 9.18 Å². The van der Waals surface area contributed by atoms with Crippen molar-refractivity contribution in [3.05, 3.63) is 111 Å². The lowest BCUT2D eigenvalue weighted by molar-refractivity contribution is -0.137. The van der Waals surface area contributed by atoms with Crippen LogP contribution in [0.25, 0.3) is 0 Å². The number of likely N-dealkylation sites (tertiary alicyclic amines) is 1. The molecule has 5 atom stereocenters. The van der Waals surface area contributed by atoms with Gasteiger partial charge in [0.25, 0.3) is 11.8 Å². The molecule has 2 saturated carbocycles. The summed E-state index contributed by atoms with van der Waals surface area (Å²) in [6, 6.07) is 15.8. The average Bonchev–Trinajstić information content (AvgIpc) is 3.58. The first-order valence-corrected chi connectivity index (χ1v) is 25.0. The number of hydrogen-bond donors (Lipinski definition) is 4. The van der Waals surface area contributed by atoms with Crippen molar-refractivity contribution >= 4 is 52.5 Å². The highest BCUT2D eigenvalue weighted by atomic mass is 35.5. The number of methoxy groups -OCH3 is 2. The number of anilines is 2. The zero-order chi connectivity index (χ0) is 49.6. The first kappa shape index (κ1) is 46.9. The summed E-state index contributed by atoms with van der Waals surface area (Å²) in [5, 5.41) is 12.9. The van der Waals surface area contributed by atoms with Crippen LogP contribution in [0.1, 0.15) is 121 Å². The van der Waals surface area contributed by atoms with E-state index in [4.69, 9.17) is 21.1 Å². The third-order valence-corrected chi connectivity index (χ3v) is 17.5. The molecule has 16 heteroatoms. The molecule has 5 aliphatic heterocycles. The van der Waals surface area contributed by atoms with E-state index < -0.39 is 40.7 Å². The van der Waals surface area contributed by atoms with Gasteiger partial charge in [-0.1, -0.05) is 55.5 Å². The molecule has 3 spiro atoms. The van der Waals surface area contributed by atoms with Crippen molar-refractivity contribution in [3.63, 3.8) is 0 Å². The zero-order valence-electron chi connectivity index (χ0n) is 40.3. The second kappa shape index (κ2) is 17.4. The normalized spacial score (nSPS) is 26.3. The van der Waals surface area contributed by atoms with Gasteiger partial charge in [0, 0.05) is 95.6 Å². The first-order valence-electron chi connectivity index (χ1n) is 24.7. The lowest BCUT2D eigenvalue weighted by atomic mass is 9.54. The van der Waals surface area contributed by atoms with Crippen LogP contribution in [0.15, 0.2) is 66.9 Å². The summed E-state index contributed by atoms with van der Waals surface area (Å²) >= 11 is 6.52. The van der Waals surface area contributed by atoms with Crippen LogP contribution in [0.5, 0.6) is 11.6 Å². The number of amides is 5. The average molecular weight is 983 g/mol. The van der Waals surface area contributed by atoms with Crippen molar-refractivity contribution < 1.29 is 37.8 Å². The van der Waals surface area contributed by atoms with Crippen LogP contribution < -0.4 is 30.7 Å². The van der Waals surface area contributed by atoms with Gasteiger partial charge in [0.15, 0.2) is 0 Å². The molecular weight excluding hydrogens is 925 g/mol. The maximum Gasteiger partial charge on any atom is 0.255 e. The predicted octanol–water partition coefficient (Wildman–Crippen LogP) is 7.34. The van der Waals surface area contributed by atoms with Crippen molar-refractivity contribution in [1.29, 1.82) is 0 Å². The van der Waals surface area contributed by atoms with E-state index in [1.54, 1.807) is 48.4 Å². The van der Waals surface area contributed by atoms with Crippen LogP contribution >= 0.6 is 11.6 Å². The van der Waals surface area contributed by atoms with Crippen molar-refractivity contribution in [2.75, 3.05) is 44.5 Å². The number of benzene rings is 3. The number of nitrogens with one attached hydrogen (secondary N) is 4. The van der Waals surface area contributed by atoms with Gasteiger partial charge in [-0.15, -0.1) is 0 Å². The molecule has 5 amide bonds. The molecule has 1 aromatic heterocycles. The van der Waals surface area contributed by atoms with E-state index in [0.717, 1.165) is 67.3 Å². The van der Waals surface area contributed by atoms with E-state index in [-0.39, 0.29) is 58.4 Å². The second-order valence-corrected chi connectivity index (χ2v) is 21.8. The number of ether oxygens (including phenoxy) is 2. The molecule has 3 saturated heterocycles. The Labute approximate surface area is 417 Å². The lowest BCUT2D eigenvalue weighted by Crippen LogP contribution is -2.59. The molecule has 2 aliphatic carbocycles. The topological polar surface area (TPSA) is 171 Å². The number of aromatic nitrogens is 1. The molecule has 4 N–H and O–H groups in total. The van der Waals surface area contributed by atoms with Crippen molar-refractivity contribution in [2.45, 2.75) is 107 Å². The summed E-state index contributed by atoms with van der Waals surface area (Å²) < 4.78 is 27.9. The minimum Gasteiger partial charge on any atom is -0.495 e. The van der Waals surface area contributed by atoms with Crippen molar-refractivity contribution in [1.82, 2.24) is 25.4 Å². The molecular formula is C55H57ClFN7O7. The Kier molecular flexibility index (Phi) is 11.5. The highest BCUT2D eigenvalue weighted by molar-refractivity contribution is 6.30. The quantitative estimate of drug-likeness (QED) is 0.109. The maximum atomic E-state index is 16.6. The molecule has 3 aromatic carbocycles. The predicted molar refractivity (Wildman–Crippen MR) is 264 cm³/mol. The van der Waals surface area contributed by atoms with Crippen LogP contribution in [0.3, 0.4) is 0 Å².